The smallest absolute Gasteiger partial charge is 0.277 e. The molecule has 0 atom stereocenters. The molecule has 0 aliphatic carbocycles. The molecule has 0 aliphatic rings. The summed E-state index contributed by atoms with van der Waals surface area (Å²) in [5.74, 6) is 0.0911. The molecule has 0 fully saturated rings. The molecular formula is C20H17N3O2. The number of benzene rings is 2. The molecule has 0 spiro atoms. The van der Waals surface area contributed by atoms with Crippen molar-refractivity contribution >= 4 is 18.2 Å². The fourth-order valence-corrected chi connectivity index (χ4v) is 2.35. The molecule has 2 aromatic carbocycles. The predicted molar refractivity (Wildman–Crippen MR) is 98.1 cm³/mol. The highest BCUT2D eigenvalue weighted by molar-refractivity contribution is 6.01. The minimum Gasteiger partial charge on any atom is -0.360 e. The topological polar surface area (TPSA) is 67.5 Å². The summed E-state index contributed by atoms with van der Waals surface area (Å²) in [6.07, 6.45) is 5.18. The lowest BCUT2D eigenvalue weighted by Crippen LogP contribution is -2.18. The Morgan fingerprint density at radius 1 is 1.08 bits per heavy atom. The second kappa shape index (κ2) is 7.88. The number of aromatic nitrogens is 1. The van der Waals surface area contributed by atoms with Gasteiger partial charge in [0.25, 0.3) is 5.91 Å². The van der Waals surface area contributed by atoms with Crippen LogP contribution >= 0.6 is 0 Å². The predicted octanol–water partition coefficient (Wildman–Crippen LogP) is 4.08. The molecule has 5 heteroatoms. The molecule has 0 saturated carbocycles. The first-order valence-corrected chi connectivity index (χ1v) is 7.82. The van der Waals surface area contributed by atoms with Gasteiger partial charge in [0.15, 0.2) is 0 Å². The normalized spacial score (nSPS) is 11.2. The number of nitrogens with zero attached hydrogens (tertiary/aromatic N) is 2. The molecule has 1 N–H and O–H groups in total. The zero-order valence-corrected chi connectivity index (χ0v) is 13.7. The number of hydrogen-bond acceptors (Lipinski definition) is 4. The number of nitrogens with one attached hydrogen (secondary N) is 1. The molecule has 5 nitrogen and oxygen atoms in total. The Bertz CT molecular complexity index is 897. The quantitative estimate of drug-likeness (QED) is 0.566. The van der Waals surface area contributed by atoms with Gasteiger partial charge in [-0.1, -0.05) is 71.9 Å². The van der Waals surface area contributed by atoms with Gasteiger partial charge in [-0.25, -0.2) is 5.43 Å². The van der Waals surface area contributed by atoms with E-state index in [1.807, 2.05) is 66.7 Å². The highest BCUT2D eigenvalue weighted by Gasteiger charge is 2.20. The first-order valence-electron chi connectivity index (χ1n) is 7.82. The van der Waals surface area contributed by atoms with Crippen molar-refractivity contribution < 1.29 is 9.32 Å². The van der Waals surface area contributed by atoms with Crippen molar-refractivity contribution in [1.29, 1.82) is 0 Å². The van der Waals surface area contributed by atoms with Gasteiger partial charge in [0.1, 0.15) is 17.0 Å². The van der Waals surface area contributed by atoms with Crippen LogP contribution in [0.5, 0.6) is 0 Å². The van der Waals surface area contributed by atoms with E-state index in [2.05, 4.69) is 15.7 Å². The van der Waals surface area contributed by atoms with Gasteiger partial charge in [0.2, 0.25) is 0 Å². The molecule has 0 aliphatic heterocycles. The average Bonchev–Trinajstić information content (AvgIpc) is 3.04. The lowest BCUT2D eigenvalue weighted by Gasteiger charge is -2.01. The van der Waals surface area contributed by atoms with Crippen LogP contribution in [0.3, 0.4) is 0 Å². The third-order valence-electron chi connectivity index (χ3n) is 3.55. The Hall–Kier alpha value is -3.47. The summed E-state index contributed by atoms with van der Waals surface area (Å²) in [5.41, 5.74) is 5.27. The number of aryl methyl sites for hydroxylation is 1. The minimum atomic E-state index is -0.359. The molecule has 3 rings (SSSR count). The van der Waals surface area contributed by atoms with Crippen molar-refractivity contribution in [3.8, 4) is 11.3 Å². The number of hydrazone groups is 1. The Morgan fingerprint density at radius 2 is 1.76 bits per heavy atom. The SMILES string of the molecule is Cc1onc(-c2ccccc2)c1C(=O)N/N=C/C=C/c1ccccc1. The van der Waals surface area contributed by atoms with Crippen molar-refractivity contribution in [2.75, 3.05) is 0 Å². The first-order chi connectivity index (χ1) is 12.3. The van der Waals surface area contributed by atoms with Gasteiger partial charge in [-0.2, -0.15) is 5.10 Å². The summed E-state index contributed by atoms with van der Waals surface area (Å²) in [4.78, 5) is 12.4. The van der Waals surface area contributed by atoms with E-state index in [1.54, 1.807) is 13.0 Å². The molecule has 25 heavy (non-hydrogen) atoms. The fourth-order valence-electron chi connectivity index (χ4n) is 2.35. The number of amides is 1. The number of carbonyl (C=O) groups excluding carboxylic acids is 1. The summed E-state index contributed by atoms with van der Waals surface area (Å²) >= 11 is 0. The van der Waals surface area contributed by atoms with E-state index < -0.39 is 0 Å². The molecule has 0 bridgehead atoms. The minimum absolute atomic E-state index is 0.359. The zero-order valence-electron chi connectivity index (χ0n) is 13.7. The third kappa shape index (κ3) is 4.09. The number of hydrogen-bond donors (Lipinski definition) is 1. The van der Waals surface area contributed by atoms with Crippen LogP contribution in [0.1, 0.15) is 21.7 Å². The largest absolute Gasteiger partial charge is 0.360 e. The number of allylic oxidation sites excluding steroid dienone is 1. The van der Waals surface area contributed by atoms with E-state index in [-0.39, 0.29) is 5.91 Å². The van der Waals surface area contributed by atoms with Gasteiger partial charge in [-0.3, -0.25) is 4.79 Å². The van der Waals surface area contributed by atoms with Crippen LogP contribution in [0.25, 0.3) is 17.3 Å². The summed E-state index contributed by atoms with van der Waals surface area (Å²) in [6.45, 7) is 1.70. The van der Waals surface area contributed by atoms with Crippen LogP contribution in [-0.2, 0) is 0 Å². The maximum Gasteiger partial charge on any atom is 0.277 e. The van der Waals surface area contributed by atoms with Crippen LogP contribution in [0.4, 0.5) is 0 Å². The summed E-state index contributed by atoms with van der Waals surface area (Å²) in [5, 5.41) is 7.93. The number of rotatable bonds is 5. The molecule has 0 unspecified atom stereocenters. The first kappa shape index (κ1) is 16.4. The Morgan fingerprint density at radius 3 is 2.48 bits per heavy atom. The molecule has 3 aromatic rings. The highest BCUT2D eigenvalue weighted by Crippen LogP contribution is 2.24. The monoisotopic (exact) mass is 331 g/mol. The second-order valence-electron chi connectivity index (χ2n) is 5.32. The van der Waals surface area contributed by atoms with Crippen molar-refractivity contribution in [2.45, 2.75) is 6.92 Å². The molecular weight excluding hydrogens is 314 g/mol. The van der Waals surface area contributed by atoms with Gasteiger partial charge >= 0.3 is 0 Å². The van der Waals surface area contributed by atoms with Crippen LogP contribution in [0, 0.1) is 6.92 Å². The maximum absolute atomic E-state index is 12.4. The van der Waals surface area contributed by atoms with E-state index >= 15 is 0 Å². The van der Waals surface area contributed by atoms with Gasteiger partial charge in [0.05, 0.1) is 0 Å². The van der Waals surface area contributed by atoms with Gasteiger partial charge in [-0.15, -0.1) is 0 Å². The van der Waals surface area contributed by atoms with Crippen molar-refractivity contribution in [3.63, 3.8) is 0 Å². The second-order valence-corrected chi connectivity index (χ2v) is 5.32. The maximum atomic E-state index is 12.4. The third-order valence-corrected chi connectivity index (χ3v) is 3.55. The average molecular weight is 331 g/mol. The van der Waals surface area contributed by atoms with Crippen LogP contribution < -0.4 is 5.43 Å². The van der Waals surface area contributed by atoms with Gasteiger partial charge in [-0.05, 0) is 18.6 Å². The van der Waals surface area contributed by atoms with E-state index in [9.17, 15) is 4.79 Å². The van der Waals surface area contributed by atoms with E-state index in [1.165, 1.54) is 6.21 Å². The van der Waals surface area contributed by atoms with Crippen molar-refractivity contribution in [3.05, 3.63) is 83.6 Å². The zero-order chi connectivity index (χ0) is 17.5. The van der Waals surface area contributed by atoms with E-state index in [0.29, 0.717) is 17.0 Å². The molecule has 1 heterocycles. The lowest BCUT2D eigenvalue weighted by molar-refractivity contribution is 0.0954. The summed E-state index contributed by atoms with van der Waals surface area (Å²) in [6, 6.07) is 19.2. The van der Waals surface area contributed by atoms with E-state index in [4.69, 9.17) is 4.52 Å². The van der Waals surface area contributed by atoms with Crippen molar-refractivity contribution in [2.24, 2.45) is 5.10 Å². The van der Waals surface area contributed by atoms with Gasteiger partial charge in [0, 0.05) is 11.8 Å². The Balaban J connectivity index is 1.69. The fraction of sp³-hybridized carbons (Fsp3) is 0.0500. The lowest BCUT2D eigenvalue weighted by atomic mass is 10.1. The van der Waals surface area contributed by atoms with Gasteiger partial charge < -0.3 is 4.52 Å². The summed E-state index contributed by atoms with van der Waals surface area (Å²) < 4.78 is 5.18. The van der Waals surface area contributed by atoms with E-state index in [0.717, 1.165) is 11.1 Å². The van der Waals surface area contributed by atoms with Crippen LogP contribution in [0.15, 0.2) is 76.4 Å². The summed E-state index contributed by atoms with van der Waals surface area (Å²) in [7, 11) is 0. The molecule has 0 radical (unpaired) electrons. The molecule has 1 amide bonds. The Labute approximate surface area is 145 Å². The van der Waals surface area contributed by atoms with Crippen LogP contribution in [0.2, 0.25) is 0 Å². The Kier molecular flexibility index (Phi) is 5.16. The number of carbonyl (C=O) groups is 1. The molecule has 1 aromatic heterocycles. The van der Waals surface area contributed by atoms with Crippen LogP contribution in [-0.4, -0.2) is 17.3 Å². The van der Waals surface area contributed by atoms with Crippen molar-refractivity contribution in [1.82, 2.24) is 10.6 Å². The highest BCUT2D eigenvalue weighted by atomic mass is 16.5. The standard InChI is InChI=1S/C20H17N3O2/c1-15-18(19(23-25-15)17-12-6-3-7-13-17)20(24)22-21-14-8-11-16-9-4-2-5-10-16/h2-14H,1H3,(H,22,24)/b11-8+,21-14+. The molecule has 124 valence electrons. The molecule has 0 saturated heterocycles.